The van der Waals surface area contributed by atoms with Gasteiger partial charge in [-0.1, -0.05) is 6.07 Å². The second kappa shape index (κ2) is 10.2. The molecule has 0 spiro atoms. The van der Waals surface area contributed by atoms with Gasteiger partial charge in [0, 0.05) is 13.1 Å². The number of hydrogen-bond acceptors (Lipinski definition) is 9. The fourth-order valence-corrected chi connectivity index (χ4v) is 2.73. The molecule has 1 aliphatic rings. The van der Waals surface area contributed by atoms with Crippen LogP contribution in [0.15, 0.2) is 12.1 Å². The molecule has 6 N–H and O–H groups in total. The number of rotatable bonds is 11. The van der Waals surface area contributed by atoms with Gasteiger partial charge in [0.05, 0.1) is 19.8 Å². The highest BCUT2D eigenvalue weighted by atomic mass is 16.7. The van der Waals surface area contributed by atoms with Crippen LogP contribution in [0.4, 0.5) is 0 Å². The number of aryl methyl sites for hydroxylation is 1. The van der Waals surface area contributed by atoms with Crippen LogP contribution in [0.2, 0.25) is 6.32 Å². The summed E-state index contributed by atoms with van der Waals surface area (Å²) in [6, 6.07) is 2.89. The zero-order valence-corrected chi connectivity index (χ0v) is 15.1. The van der Waals surface area contributed by atoms with Gasteiger partial charge in [-0.05, 0) is 24.4 Å². The fourth-order valence-electron chi connectivity index (χ4n) is 2.73. The predicted molar refractivity (Wildman–Crippen MR) is 95.8 cm³/mol. The maximum atomic E-state index is 11.6. The molecule has 28 heavy (non-hydrogen) atoms. The third kappa shape index (κ3) is 6.07. The third-order valence-corrected chi connectivity index (χ3v) is 4.07. The number of aliphatic hydroxyl groups excluding tert-OH is 1. The zero-order valence-electron chi connectivity index (χ0n) is 15.1. The number of nitrogens with one attached hydrogen (secondary N) is 1. The Morgan fingerprint density at radius 1 is 1.29 bits per heavy atom. The Bertz CT molecular complexity index is 695. The second-order valence-corrected chi connectivity index (χ2v) is 6.30. The summed E-state index contributed by atoms with van der Waals surface area (Å²) >= 11 is 0. The summed E-state index contributed by atoms with van der Waals surface area (Å²) in [4.78, 5) is 29.6. The van der Waals surface area contributed by atoms with Crippen molar-refractivity contribution >= 4 is 19.0 Å². The molecule has 0 atom stereocenters. The van der Waals surface area contributed by atoms with Crippen LogP contribution in [0, 0.1) is 0 Å². The van der Waals surface area contributed by atoms with Crippen LogP contribution in [0.1, 0.15) is 15.9 Å². The zero-order chi connectivity index (χ0) is 20.7. The first-order chi connectivity index (χ1) is 13.3. The SMILES string of the molecule is O=C(CN1CC(Oc2ccc(CCB(O)O)c(O)c2C(=O)O)C1)NOCCO. The number of aliphatic hydroxyl groups is 1. The van der Waals surface area contributed by atoms with E-state index in [-0.39, 0.29) is 55.8 Å². The quantitative estimate of drug-likeness (QED) is 0.142. The molecule has 1 heterocycles. The van der Waals surface area contributed by atoms with E-state index in [1.165, 1.54) is 12.1 Å². The molecule has 12 heteroatoms. The molecule has 11 nitrogen and oxygen atoms in total. The average Bonchev–Trinajstić information content (AvgIpc) is 2.58. The highest BCUT2D eigenvalue weighted by Gasteiger charge is 2.32. The van der Waals surface area contributed by atoms with Crippen molar-refractivity contribution in [2.75, 3.05) is 32.8 Å². The molecular weight excluding hydrogens is 375 g/mol. The first-order valence-corrected chi connectivity index (χ1v) is 8.66. The summed E-state index contributed by atoms with van der Waals surface area (Å²) < 4.78 is 5.64. The Labute approximate surface area is 161 Å². The molecule has 1 aliphatic heterocycles. The molecule has 1 fully saturated rings. The van der Waals surface area contributed by atoms with E-state index in [2.05, 4.69) is 5.48 Å². The number of hydroxylamine groups is 1. The van der Waals surface area contributed by atoms with E-state index < -0.39 is 24.4 Å². The number of phenols is 1. The molecule has 1 aromatic carbocycles. The summed E-state index contributed by atoms with van der Waals surface area (Å²) in [6.45, 7) is 0.604. The predicted octanol–water partition coefficient (Wildman–Crippen LogP) is -1.79. The Morgan fingerprint density at radius 2 is 2.00 bits per heavy atom. The number of nitrogens with zero attached hydrogens (tertiary/aromatic N) is 1. The maximum Gasteiger partial charge on any atom is 0.451 e. The minimum Gasteiger partial charge on any atom is -0.507 e. The van der Waals surface area contributed by atoms with Crippen LogP contribution in [0.3, 0.4) is 0 Å². The van der Waals surface area contributed by atoms with E-state index in [9.17, 15) is 19.8 Å². The summed E-state index contributed by atoms with van der Waals surface area (Å²) in [5.74, 6) is -2.22. The second-order valence-electron chi connectivity index (χ2n) is 6.30. The molecule has 0 aromatic heterocycles. The molecular formula is C16H23BN2O9. The lowest BCUT2D eigenvalue weighted by atomic mass is 9.82. The van der Waals surface area contributed by atoms with Crippen LogP contribution >= 0.6 is 0 Å². The number of carboxylic acids is 1. The van der Waals surface area contributed by atoms with Crippen molar-refractivity contribution in [1.29, 1.82) is 0 Å². The van der Waals surface area contributed by atoms with Crippen LogP contribution in [0.5, 0.6) is 11.5 Å². The number of carbonyl (C=O) groups is 2. The highest BCUT2D eigenvalue weighted by Crippen LogP contribution is 2.33. The topological polar surface area (TPSA) is 169 Å². The molecule has 0 radical (unpaired) electrons. The van der Waals surface area contributed by atoms with Gasteiger partial charge in [0.15, 0.2) is 0 Å². The Kier molecular flexibility index (Phi) is 8.02. The summed E-state index contributed by atoms with van der Waals surface area (Å²) in [5.41, 5.74) is 2.06. The normalized spacial score (nSPS) is 14.4. The molecule has 1 amide bonds. The standard InChI is InChI=1S/C16H23BN2O9/c20-5-6-27-18-13(21)9-19-7-11(8-19)28-12-2-1-10(3-4-17(25)26)15(22)14(12)16(23)24/h1-2,11,20,22,25-26H,3-9H2,(H,18,21)(H,23,24). The molecule has 1 saturated heterocycles. The Morgan fingerprint density at radius 3 is 2.61 bits per heavy atom. The van der Waals surface area contributed by atoms with Gasteiger partial charge in [0.1, 0.15) is 23.2 Å². The smallest absolute Gasteiger partial charge is 0.451 e. The van der Waals surface area contributed by atoms with Gasteiger partial charge in [-0.2, -0.15) is 0 Å². The first-order valence-electron chi connectivity index (χ1n) is 8.66. The number of carboxylic acid groups (broad SMARTS) is 1. The maximum absolute atomic E-state index is 11.6. The van der Waals surface area contributed by atoms with Gasteiger partial charge in [-0.3, -0.25) is 14.5 Å². The van der Waals surface area contributed by atoms with Crippen LogP contribution in [-0.4, -0.2) is 88.2 Å². The van der Waals surface area contributed by atoms with Crippen molar-refractivity contribution in [2.24, 2.45) is 0 Å². The summed E-state index contributed by atoms with van der Waals surface area (Å²) in [7, 11) is -1.56. The molecule has 0 saturated carbocycles. The Hall–Kier alpha value is -2.38. The van der Waals surface area contributed by atoms with Crippen molar-refractivity contribution in [3.63, 3.8) is 0 Å². The van der Waals surface area contributed by atoms with Gasteiger partial charge in [-0.15, -0.1) is 0 Å². The van der Waals surface area contributed by atoms with E-state index in [1.54, 1.807) is 4.90 Å². The summed E-state index contributed by atoms with van der Waals surface area (Å²) in [6.07, 6.45) is -0.308. The van der Waals surface area contributed by atoms with Crippen molar-refractivity contribution in [3.8, 4) is 11.5 Å². The number of aromatic carboxylic acids is 1. The van der Waals surface area contributed by atoms with Crippen molar-refractivity contribution in [1.82, 2.24) is 10.4 Å². The van der Waals surface area contributed by atoms with Gasteiger partial charge in [0.25, 0.3) is 5.91 Å². The lowest BCUT2D eigenvalue weighted by molar-refractivity contribution is -0.137. The van der Waals surface area contributed by atoms with Gasteiger partial charge >= 0.3 is 13.1 Å². The average molecular weight is 398 g/mol. The number of carbonyl (C=O) groups excluding carboxylic acids is 1. The number of aromatic hydroxyl groups is 1. The van der Waals surface area contributed by atoms with Crippen molar-refractivity contribution in [3.05, 3.63) is 23.3 Å². The van der Waals surface area contributed by atoms with Crippen LogP contribution in [0.25, 0.3) is 0 Å². The van der Waals surface area contributed by atoms with E-state index >= 15 is 0 Å². The number of ether oxygens (including phenoxy) is 1. The monoisotopic (exact) mass is 398 g/mol. The first kappa shape index (κ1) is 21.9. The van der Waals surface area contributed by atoms with Gasteiger partial charge < -0.3 is 30.1 Å². The molecule has 1 aromatic rings. The summed E-state index contributed by atoms with van der Waals surface area (Å²) in [5, 5.41) is 46.0. The lowest BCUT2D eigenvalue weighted by Gasteiger charge is -2.38. The number of likely N-dealkylation sites (tertiary alicyclic amines) is 1. The molecule has 154 valence electrons. The fraction of sp³-hybridized carbons (Fsp3) is 0.500. The lowest BCUT2D eigenvalue weighted by Crippen LogP contribution is -2.56. The number of hydrogen-bond donors (Lipinski definition) is 6. The van der Waals surface area contributed by atoms with Crippen LogP contribution < -0.4 is 10.2 Å². The number of benzene rings is 1. The van der Waals surface area contributed by atoms with Crippen molar-refractivity contribution < 1.29 is 44.5 Å². The van der Waals surface area contributed by atoms with Crippen LogP contribution in [-0.2, 0) is 16.1 Å². The number of amides is 1. The van der Waals surface area contributed by atoms with E-state index in [0.717, 1.165) is 0 Å². The third-order valence-electron chi connectivity index (χ3n) is 4.07. The minimum atomic E-state index is -1.56. The van der Waals surface area contributed by atoms with Gasteiger partial charge in [-0.25, -0.2) is 10.3 Å². The van der Waals surface area contributed by atoms with E-state index in [0.29, 0.717) is 13.1 Å². The van der Waals surface area contributed by atoms with E-state index in [1.807, 2.05) is 0 Å². The Balaban J connectivity index is 1.91. The van der Waals surface area contributed by atoms with Crippen molar-refractivity contribution in [2.45, 2.75) is 18.8 Å². The largest absolute Gasteiger partial charge is 0.507 e. The van der Waals surface area contributed by atoms with Gasteiger partial charge in [0.2, 0.25) is 0 Å². The molecule has 2 rings (SSSR count). The highest BCUT2D eigenvalue weighted by molar-refractivity contribution is 6.41. The molecule has 0 bridgehead atoms. The molecule has 0 aliphatic carbocycles. The minimum absolute atomic E-state index is 0.00122. The van der Waals surface area contributed by atoms with E-state index in [4.69, 9.17) is 24.7 Å². The molecule has 0 unspecified atom stereocenters.